The van der Waals surface area contributed by atoms with Gasteiger partial charge in [0.1, 0.15) is 0 Å². The van der Waals surface area contributed by atoms with Crippen molar-refractivity contribution in [2.75, 3.05) is 19.6 Å². The van der Waals surface area contributed by atoms with Gasteiger partial charge in [-0.05, 0) is 0 Å². The number of nitrogens with zero attached hydrogens (tertiary/aromatic N) is 3. The van der Waals surface area contributed by atoms with Crippen LogP contribution in [0.4, 0.5) is 0 Å². The molecule has 4 nitrogen and oxygen atoms in total. The molecule has 17 heavy (non-hydrogen) atoms. The third kappa shape index (κ3) is 4.46. The van der Waals surface area contributed by atoms with Gasteiger partial charge in [-0.25, -0.2) is 0 Å². The molecule has 0 aliphatic carbocycles. The van der Waals surface area contributed by atoms with Crippen molar-refractivity contribution in [2.45, 2.75) is 6.42 Å². The number of rotatable bonds is 6. The van der Waals surface area contributed by atoms with Gasteiger partial charge in [0, 0.05) is 18.5 Å². The van der Waals surface area contributed by atoms with Gasteiger partial charge in [0.15, 0.2) is 5.78 Å². The van der Waals surface area contributed by atoms with Crippen molar-refractivity contribution < 1.29 is 4.79 Å². The van der Waals surface area contributed by atoms with Crippen molar-refractivity contribution in [2.24, 2.45) is 0 Å². The van der Waals surface area contributed by atoms with Crippen LogP contribution in [0.5, 0.6) is 0 Å². The summed E-state index contributed by atoms with van der Waals surface area (Å²) in [6.07, 6.45) is 0.327. The van der Waals surface area contributed by atoms with Crippen LogP contribution in [-0.4, -0.2) is 30.3 Å². The fourth-order valence-electron chi connectivity index (χ4n) is 1.44. The van der Waals surface area contributed by atoms with E-state index in [0.717, 1.165) is 0 Å². The molecule has 0 atom stereocenters. The Morgan fingerprint density at radius 1 is 1.12 bits per heavy atom. The van der Waals surface area contributed by atoms with E-state index < -0.39 is 0 Å². The quantitative estimate of drug-likeness (QED) is 0.547. The zero-order valence-corrected chi connectivity index (χ0v) is 9.47. The monoisotopic (exact) mass is 227 g/mol. The number of hydrogen-bond acceptors (Lipinski definition) is 4. The lowest BCUT2D eigenvalue weighted by atomic mass is 10.1. The van der Waals surface area contributed by atoms with Gasteiger partial charge in [-0.15, -0.1) is 0 Å². The van der Waals surface area contributed by atoms with Crippen molar-refractivity contribution in [3.63, 3.8) is 0 Å². The van der Waals surface area contributed by atoms with Gasteiger partial charge < -0.3 is 0 Å². The molecule has 0 amide bonds. The van der Waals surface area contributed by atoms with E-state index in [9.17, 15) is 4.79 Å². The number of hydrogen-bond donors (Lipinski definition) is 0. The Bertz CT molecular complexity index is 426. The number of carbonyl (C=O) groups excluding carboxylic acids is 1. The van der Waals surface area contributed by atoms with Crippen molar-refractivity contribution >= 4 is 5.78 Å². The Balaban J connectivity index is 2.48. The van der Waals surface area contributed by atoms with Crippen LogP contribution < -0.4 is 0 Å². The molecule has 1 rings (SSSR count). The molecule has 0 aromatic heterocycles. The van der Waals surface area contributed by atoms with Crippen molar-refractivity contribution in [1.82, 2.24) is 4.90 Å². The largest absolute Gasteiger partial charge is 0.294 e. The summed E-state index contributed by atoms with van der Waals surface area (Å²) in [7, 11) is 0. The van der Waals surface area contributed by atoms with Crippen molar-refractivity contribution in [3.8, 4) is 12.1 Å². The summed E-state index contributed by atoms with van der Waals surface area (Å²) in [6, 6.07) is 13.0. The van der Waals surface area contributed by atoms with E-state index in [4.69, 9.17) is 10.5 Å². The maximum atomic E-state index is 11.8. The van der Waals surface area contributed by atoms with Gasteiger partial charge in [0.25, 0.3) is 0 Å². The van der Waals surface area contributed by atoms with Gasteiger partial charge in [0.2, 0.25) is 0 Å². The van der Waals surface area contributed by atoms with Crippen molar-refractivity contribution in [1.29, 1.82) is 10.5 Å². The molecule has 0 aliphatic rings. The molecule has 0 unspecified atom stereocenters. The lowest BCUT2D eigenvalue weighted by Crippen LogP contribution is -2.27. The van der Waals surface area contributed by atoms with E-state index in [1.165, 1.54) is 0 Å². The summed E-state index contributed by atoms with van der Waals surface area (Å²) in [5.74, 6) is 0.0338. The molecule has 0 saturated heterocycles. The van der Waals surface area contributed by atoms with Gasteiger partial charge in [0.05, 0.1) is 25.2 Å². The predicted octanol–water partition coefficient (Wildman–Crippen LogP) is 1.61. The molecule has 0 bridgehead atoms. The first-order chi connectivity index (χ1) is 8.27. The van der Waals surface area contributed by atoms with E-state index in [1.807, 2.05) is 30.3 Å². The summed E-state index contributed by atoms with van der Waals surface area (Å²) < 4.78 is 0. The summed E-state index contributed by atoms with van der Waals surface area (Å²) in [4.78, 5) is 13.4. The lowest BCUT2D eigenvalue weighted by Gasteiger charge is -2.14. The highest BCUT2D eigenvalue weighted by molar-refractivity contribution is 5.96. The average Bonchev–Trinajstić information content (AvgIpc) is 2.37. The second kappa shape index (κ2) is 7.16. The Morgan fingerprint density at radius 3 is 2.24 bits per heavy atom. The zero-order chi connectivity index (χ0) is 12.5. The normalized spacial score (nSPS) is 9.59. The van der Waals surface area contributed by atoms with Crippen LogP contribution >= 0.6 is 0 Å². The summed E-state index contributed by atoms with van der Waals surface area (Å²) in [6.45, 7) is 0.792. The SMILES string of the molecule is N#CCN(CC#N)CCC(=O)c1ccccc1. The van der Waals surface area contributed by atoms with E-state index in [0.29, 0.717) is 18.5 Å². The van der Waals surface area contributed by atoms with Crippen LogP contribution in [0, 0.1) is 22.7 Å². The fourth-order valence-corrected chi connectivity index (χ4v) is 1.44. The van der Waals surface area contributed by atoms with Crippen LogP contribution in [0.25, 0.3) is 0 Å². The lowest BCUT2D eigenvalue weighted by molar-refractivity contribution is 0.0969. The third-order valence-corrected chi connectivity index (χ3v) is 2.34. The molecule has 1 aromatic rings. The molecule has 0 N–H and O–H groups in total. The van der Waals surface area contributed by atoms with Crippen LogP contribution in [0.2, 0.25) is 0 Å². The van der Waals surface area contributed by atoms with Crippen LogP contribution in [0.3, 0.4) is 0 Å². The van der Waals surface area contributed by atoms with Gasteiger partial charge in [-0.1, -0.05) is 30.3 Å². The minimum atomic E-state index is 0.0338. The van der Waals surface area contributed by atoms with Crippen LogP contribution in [-0.2, 0) is 0 Å². The maximum Gasteiger partial charge on any atom is 0.164 e. The Hall–Kier alpha value is -2.17. The highest BCUT2D eigenvalue weighted by Crippen LogP contribution is 2.03. The number of Topliss-reactive ketones (excluding diaryl/α,β-unsaturated/α-hetero) is 1. The second-order valence-corrected chi connectivity index (χ2v) is 3.57. The minimum Gasteiger partial charge on any atom is -0.294 e. The van der Waals surface area contributed by atoms with E-state index >= 15 is 0 Å². The van der Waals surface area contributed by atoms with E-state index in [1.54, 1.807) is 17.0 Å². The van der Waals surface area contributed by atoms with Gasteiger partial charge >= 0.3 is 0 Å². The predicted molar refractivity (Wildman–Crippen MR) is 63.1 cm³/mol. The van der Waals surface area contributed by atoms with Gasteiger partial charge in [-0.2, -0.15) is 10.5 Å². The fraction of sp³-hybridized carbons (Fsp3) is 0.308. The van der Waals surface area contributed by atoms with E-state index in [2.05, 4.69) is 0 Å². The second-order valence-electron chi connectivity index (χ2n) is 3.57. The van der Waals surface area contributed by atoms with E-state index in [-0.39, 0.29) is 18.9 Å². The molecule has 0 radical (unpaired) electrons. The summed E-state index contributed by atoms with van der Waals surface area (Å²) in [5.41, 5.74) is 0.668. The molecule has 0 heterocycles. The first-order valence-electron chi connectivity index (χ1n) is 5.32. The first kappa shape index (κ1) is 12.9. The van der Waals surface area contributed by atoms with Crippen LogP contribution in [0.1, 0.15) is 16.8 Å². The Morgan fingerprint density at radius 2 is 1.71 bits per heavy atom. The van der Waals surface area contributed by atoms with Gasteiger partial charge in [-0.3, -0.25) is 9.69 Å². The molecular weight excluding hydrogens is 214 g/mol. The maximum absolute atomic E-state index is 11.8. The highest BCUT2D eigenvalue weighted by Gasteiger charge is 2.09. The Kier molecular flexibility index (Phi) is 5.43. The topological polar surface area (TPSA) is 67.9 Å². The molecular formula is C13H13N3O. The first-order valence-corrected chi connectivity index (χ1v) is 5.32. The smallest absolute Gasteiger partial charge is 0.164 e. The molecule has 0 spiro atoms. The molecule has 0 saturated carbocycles. The summed E-state index contributed by atoms with van der Waals surface area (Å²) >= 11 is 0. The number of nitriles is 2. The summed E-state index contributed by atoms with van der Waals surface area (Å²) in [5, 5.41) is 17.1. The minimum absolute atomic E-state index is 0.0338. The Labute approximate surface area is 101 Å². The molecule has 4 heteroatoms. The highest BCUT2D eigenvalue weighted by atomic mass is 16.1. The standard InChI is InChI=1S/C13H13N3O/c14-7-10-16(11-8-15)9-6-13(17)12-4-2-1-3-5-12/h1-5H,6,9-11H2. The third-order valence-electron chi connectivity index (χ3n) is 2.34. The molecule has 0 aliphatic heterocycles. The van der Waals surface area contributed by atoms with Crippen LogP contribution in [0.15, 0.2) is 30.3 Å². The molecule has 0 fully saturated rings. The average molecular weight is 227 g/mol. The number of ketones is 1. The number of carbonyl (C=O) groups is 1. The molecule has 1 aromatic carbocycles. The van der Waals surface area contributed by atoms with Crippen molar-refractivity contribution in [3.05, 3.63) is 35.9 Å². The zero-order valence-electron chi connectivity index (χ0n) is 9.47. The number of benzene rings is 1. The molecule has 86 valence electrons.